The maximum Gasteiger partial charge on any atom is 0.426 e. The monoisotopic (exact) mass is 646 g/mol. The number of hydrogen-bond donors (Lipinski definition) is 3. The van der Waals surface area contributed by atoms with Gasteiger partial charge in [0.25, 0.3) is 11.5 Å². The molecular formula is C24H20F10N6O4. The highest BCUT2D eigenvalue weighted by molar-refractivity contribution is 5.96. The Balaban J connectivity index is 1.60. The molecule has 0 radical (unpaired) electrons. The molecule has 0 bridgehead atoms. The first-order valence-corrected chi connectivity index (χ1v) is 12.2. The number of carbonyl (C=O) groups excluding carboxylic acids is 2. The number of nitrogen functional groups attached to an aromatic ring is 1. The highest BCUT2D eigenvalue weighted by Gasteiger charge is 2.71. The van der Waals surface area contributed by atoms with E-state index in [1.807, 2.05) is 0 Å². The van der Waals surface area contributed by atoms with Crippen molar-refractivity contribution in [3.05, 3.63) is 41.7 Å². The highest BCUT2D eigenvalue weighted by atomic mass is 19.4. The van der Waals surface area contributed by atoms with Gasteiger partial charge in [-0.2, -0.15) is 44.6 Å². The predicted molar refractivity (Wildman–Crippen MR) is 129 cm³/mol. The fraction of sp³-hybridized carbons (Fsp3) is 0.417. The second kappa shape index (κ2) is 11.0. The maximum absolute atomic E-state index is 14.7. The van der Waals surface area contributed by atoms with E-state index >= 15 is 0 Å². The van der Waals surface area contributed by atoms with Crippen molar-refractivity contribution < 1.29 is 63.3 Å². The summed E-state index contributed by atoms with van der Waals surface area (Å²) in [5.74, 6) is -3.53. The molecule has 1 fully saturated rings. The van der Waals surface area contributed by atoms with Crippen molar-refractivity contribution in [1.29, 1.82) is 0 Å². The van der Waals surface area contributed by atoms with E-state index in [1.54, 1.807) is 0 Å². The van der Waals surface area contributed by atoms with Crippen molar-refractivity contribution >= 4 is 23.1 Å². The summed E-state index contributed by atoms with van der Waals surface area (Å²) < 4.78 is 140. The van der Waals surface area contributed by atoms with Gasteiger partial charge in [-0.05, 0) is 24.3 Å². The van der Waals surface area contributed by atoms with Crippen molar-refractivity contribution in [3.63, 3.8) is 0 Å². The number of anilines is 1. The molecule has 2 amide bonds. The molecule has 3 aromatic rings. The number of nitrogens with two attached hydrogens (primary N) is 1. The van der Waals surface area contributed by atoms with Crippen LogP contribution in [0.15, 0.2) is 30.6 Å². The number of methoxy groups -OCH3 is 1. The quantitative estimate of drug-likeness (QED) is 0.349. The molecule has 240 valence electrons. The van der Waals surface area contributed by atoms with Gasteiger partial charge >= 0.3 is 18.5 Å². The Morgan fingerprint density at radius 1 is 1.05 bits per heavy atom. The third kappa shape index (κ3) is 5.89. The minimum atomic E-state index is -6.28. The van der Waals surface area contributed by atoms with Gasteiger partial charge in [-0.1, -0.05) is 0 Å². The summed E-state index contributed by atoms with van der Waals surface area (Å²) in [5, 5.41) is 15.2. The number of hydrogen-bond acceptors (Lipinski definition) is 7. The molecule has 20 heteroatoms. The molecule has 2 atom stereocenters. The first-order chi connectivity index (χ1) is 20.2. The molecule has 3 heterocycles. The number of halogens is 10. The number of benzene rings is 1. The Hall–Kier alpha value is -4.36. The SMILES string of the molecule is COc1cc(C(=O)N[C@@H]2CN(C(=O)CC(O)(C(F)(F)F)C(F)(F)F)C[C@@H]2F)cc(-c2cc(C(F)(F)F)c3c(N)ncnn23)c1. The Labute approximate surface area is 239 Å². The van der Waals surface area contributed by atoms with Crippen molar-refractivity contribution in [2.45, 2.75) is 42.8 Å². The number of carbonyl (C=O) groups is 2. The van der Waals surface area contributed by atoms with Crippen LogP contribution in [0.3, 0.4) is 0 Å². The van der Waals surface area contributed by atoms with Crippen LogP contribution >= 0.6 is 0 Å². The minimum absolute atomic E-state index is 0.0585. The van der Waals surface area contributed by atoms with Crippen LogP contribution < -0.4 is 15.8 Å². The predicted octanol–water partition coefficient (Wildman–Crippen LogP) is 3.53. The van der Waals surface area contributed by atoms with E-state index in [0.29, 0.717) is 6.07 Å². The van der Waals surface area contributed by atoms with Gasteiger partial charge in [0.05, 0.1) is 37.4 Å². The summed E-state index contributed by atoms with van der Waals surface area (Å²) in [5.41, 5.74) is -2.11. The Morgan fingerprint density at radius 2 is 1.68 bits per heavy atom. The molecule has 1 saturated heterocycles. The average Bonchev–Trinajstić information content (AvgIpc) is 3.49. The third-order valence-electron chi connectivity index (χ3n) is 6.85. The molecule has 1 aliphatic heterocycles. The van der Waals surface area contributed by atoms with Crippen LogP contribution in [0.5, 0.6) is 5.75 Å². The summed E-state index contributed by atoms with van der Waals surface area (Å²) >= 11 is 0. The van der Waals surface area contributed by atoms with E-state index in [2.05, 4.69) is 15.4 Å². The molecular weight excluding hydrogens is 626 g/mol. The minimum Gasteiger partial charge on any atom is -0.497 e. The summed E-state index contributed by atoms with van der Waals surface area (Å²) in [6, 6.07) is 2.51. The number of ether oxygens (including phenoxy) is 1. The number of rotatable bonds is 6. The first-order valence-electron chi connectivity index (χ1n) is 12.2. The van der Waals surface area contributed by atoms with Crippen LogP contribution in [0, 0.1) is 0 Å². The van der Waals surface area contributed by atoms with E-state index in [9.17, 15) is 58.6 Å². The number of amides is 2. The van der Waals surface area contributed by atoms with Crippen LogP contribution in [0.25, 0.3) is 16.8 Å². The van der Waals surface area contributed by atoms with Crippen molar-refractivity contribution in [2.24, 2.45) is 0 Å². The lowest BCUT2D eigenvalue weighted by Crippen LogP contribution is -2.59. The lowest BCUT2D eigenvalue weighted by atomic mass is 9.97. The smallest absolute Gasteiger partial charge is 0.426 e. The summed E-state index contributed by atoms with van der Waals surface area (Å²) in [7, 11) is 1.17. The molecule has 2 aromatic heterocycles. The van der Waals surface area contributed by atoms with Crippen LogP contribution in [0.2, 0.25) is 0 Å². The molecule has 0 unspecified atom stereocenters. The van der Waals surface area contributed by atoms with Crippen molar-refractivity contribution in [2.75, 3.05) is 25.9 Å². The number of likely N-dealkylation sites (tertiary alicyclic amines) is 1. The topological polar surface area (TPSA) is 135 Å². The zero-order valence-electron chi connectivity index (χ0n) is 22.0. The molecule has 4 rings (SSSR count). The normalized spacial score (nSPS) is 18.1. The van der Waals surface area contributed by atoms with Crippen molar-refractivity contribution in [1.82, 2.24) is 24.8 Å². The van der Waals surface area contributed by atoms with Gasteiger partial charge in [-0.15, -0.1) is 0 Å². The fourth-order valence-electron chi connectivity index (χ4n) is 4.53. The average molecular weight is 646 g/mol. The van der Waals surface area contributed by atoms with E-state index in [4.69, 9.17) is 10.5 Å². The zero-order chi connectivity index (χ0) is 33.0. The number of aliphatic hydroxyl groups is 1. The number of aromatic nitrogens is 3. The number of fused-ring (bicyclic) bond motifs is 1. The Bertz CT molecular complexity index is 1570. The number of nitrogens with one attached hydrogen (secondary N) is 1. The van der Waals surface area contributed by atoms with Gasteiger partial charge in [-0.25, -0.2) is 13.9 Å². The summed E-state index contributed by atoms with van der Waals surface area (Å²) in [6.45, 7) is -1.86. The summed E-state index contributed by atoms with van der Waals surface area (Å²) in [4.78, 5) is 29.1. The zero-order valence-corrected chi connectivity index (χ0v) is 22.0. The van der Waals surface area contributed by atoms with Crippen LogP contribution in [0.1, 0.15) is 22.3 Å². The van der Waals surface area contributed by atoms with Gasteiger partial charge in [-0.3, -0.25) is 9.59 Å². The van der Waals surface area contributed by atoms with E-state index in [0.717, 1.165) is 23.0 Å². The van der Waals surface area contributed by atoms with Gasteiger partial charge < -0.3 is 25.8 Å². The van der Waals surface area contributed by atoms with Crippen LogP contribution in [-0.2, 0) is 11.0 Å². The molecule has 0 saturated carbocycles. The molecule has 1 aromatic carbocycles. The second-order valence-corrected chi connectivity index (χ2v) is 9.72. The Morgan fingerprint density at radius 3 is 2.25 bits per heavy atom. The van der Waals surface area contributed by atoms with E-state index in [-0.39, 0.29) is 27.5 Å². The molecule has 1 aliphatic rings. The van der Waals surface area contributed by atoms with E-state index in [1.165, 1.54) is 13.2 Å². The lowest BCUT2D eigenvalue weighted by molar-refractivity contribution is -0.367. The lowest BCUT2D eigenvalue weighted by Gasteiger charge is -2.32. The Kier molecular flexibility index (Phi) is 8.12. The maximum atomic E-state index is 14.7. The second-order valence-electron chi connectivity index (χ2n) is 9.72. The number of alkyl halides is 10. The standard InChI is InChI=1S/C24H20F10N6O4/c1-44-12-3-10(16-5-13(22(26,27)28)18-19(35)36-9-37-40(16)18)2-11(4-12)20(42)38-15-8-39(7-14(15)25)17(41)6-21(43,23(29,30)31)24(32,33)34/h2-5,9,14-15,43H,6-8H2,1H3,(H,38,42)(H2,35,36,37)/t14-,15+/m0/s1. The fourth-order valence-corrected chi connectivity index (χ4v) is 4.53. The largest absolute Gasteiger partial charge is 0.497 e. The molecule has 0 spiro atoms. The summed E-state index contributed by atoms with van der Waals surface area (Å²) in [6.07, 6.45) is -21.2. The van der Waals surface area contributed by atoms with Gasteiger partial charge in [0.1, 0.15) is 23.8 Å². The van der Waals surface area contributed by atoms with Crippen LogP contribution in [-0.4, -0.2) is 86.8 Å². The van der Waals surface area contributed by atoms with Gasteiger partial charge in [0, 0.05) is 17.7 Å². The first kappa shape index (κ1) is 32.6. The molecule has 44 heavy (non-hydrogen) atoms. The van der Waals surface area contributed by atoms with Crippen molar-refractivity contribution in [3.8, 4) is 17.0 Å². The highest BCUT2D eigenvalue weighted by Crippen LogP contribution is 2.46. The molecule has 4 N–H and O–H groups in total. The van der Waals surface area contributed by atoms with Crippen LogP contribution in [0.4, 0.5) is 49.7 Å². The van der Waals surface area contributed by atoms with Gasteiger partial charge in [0.2, 0.25) is 5.91 Å². The van der Waals surface area contributed by atoms with Gasteiger partial charge in [0.15, 0.2) is 5.82 Å². The molecule has 10 nitrogen and oxygen atoms in total. The number of nitrogens with zero attached hydrogens (tertiary/aromatic N) is 4. The third-order valence-corrected chi connectivity index (χ3v) is 6.85. The van der Waals surface area contributed by atoms with E-state index < -0.39 is 84.6 Å². The molecule has 0 aliphatic carbocycles.